The molecule has 29 heavy (non-hydrogen) atoms. The highest BCUT2D eigenvalue weighted by molar-refractivity contribution is 7.17. The van der Waals surface area contributed by atoms with E-state index in [2.05, 4.69) is 10.3 Å². The van der Waals surface area contributed by atoms with Crippen molar-refractivity contribution in [3.63, 3.8) is 0 Å². The third-order valence-corrected chi connectivity index (χ3v) is 5.25. The Balaban J connectivity index is 1.37. The summed E-state index contributed by atoms with van der Waals surface area (Å²) in [5, 5.41) is 3.20. The topological polar surface area (TPSA) is 86.8 Å². The number of aryl methyl sites for hydroxylation is 1. The second-order valence-corrected chi connectivity index (χ2v) is 7.13. The minimum atomic E-state index is -0.644. The van der Waals surface area contributed by atoms with Crippen molar-refractivity contribution in [1.29, 1.82) is 0 Å². The molecule has 0 aliphatic carbocycles. The maximum Gasteiger partial charge on any atom is 0.350 e. The minimum absolute atomic E-state index is 0.137. The van der Waals surface area contributed by atoms with Crippen LogP contribution < -0.4 is 14.8 Å². The predicted molar refractivity (Wildman–Crippen MR) is 104 cm³/mol. The summed E-state index contributed by atoms with van der Waals surface area (Å²) in [6.45, 7) is 1.36. The number of carbonyl (C=O) groups excluding carboxylic acids is 2. The first-order valence-corrected chi connectivity index (χ1v) is 9.41. The molecule has 0 unspecified atom stereocenters. The van der Waals surface area contributed by atoms with Gasteiger partial charge in [-0.05, 0) is 43.3 Å². The molecule has 0 saturated carbocycles. The van der Waals surface area contributed by atoms with E-state index in [1.54, 1.807) is 37.3 Å². The van der Waals surface area contributed by atoms with Gasteiger partial charge in [-0.25, -0.2) is 14.2 Å². The number of esters is 1. The van der Waals surface area contributed by atoms with Gasteiger partial charge in [0.2, 0.25) is 6.79 Å². The smallest absolute Gasteiger partial charge is 0.350 e. The van der Waals surface area contributed by atoms with Crippen LogP contribution in [0.2, 0.25) is 0 Å². The van der Waals surface area contributed by atoms with Crippen molar-refractivity contribution in [2.45, 2.75) is 6.92 Å². The van der Waals surface area contributed by atoms with Crippen LogP contribution in [-0.2, 0) is 9.53 Å². The van der Waals surface area contributed by atoms with E-state index in [0.717, 1.165) is 11.3 Å². The molecule has 2 aromatic carbocycles. The number of hydrogen-bond donors (Lipinski definition) is 1. The van der Waals surface area contributed by atoms with Crippen molar-refractivity contribution in [3.8, 4) is 22.1 Å². The molecule has 0 radical (unpaired) electrons. The number of thiazole rings is 1. The van der Waals surface area contributed by atoms with Gasteiger partial charge in [-0.1, -0.05) is 0 Å². The number of rotatable bonds is 5. The lowest BCUT2D eigenvalue weighted by Gasteiger charge is -2.07. The SMILES string of the molecule is Cc1nc(-c2ccc(F)cc2)sc1C(=O)OCC(=O)Nc1ccc2c(c1)OCO2. The molecule has 0 saturated heterocycles. The minimum Gasteiger partial charge on any atom is -0.454 e. The van der Waals surface area contributed by atoms with Crippen LogP contribution in [0.4, 0.5) is 10.1 Å². The van der Waals surface area contributed by atoms with Gasteiger partial charge in [0, 0.05) is 17.3 Å². The molecule has 0 atom stereocenters. The second kappa shape index (κ2) is 7.88. The number of amides is 1. The lowest BCUT2D eigenvalue weighted by Crippen LogP contribution is -2.20. The second-order valence-electron chi connectivity index (χ2n) is 6.13. The van der Waals surface area contributed by atoms with E-state index in [0.29, 0.717) is 38.3 Å². The number of fused-ring (bicyclic) bond motifs is 1. The van der Waals surface area contributed by atoms with Gasteiger partial charge in [0.05, 0.1) is 5.69 Å². The molecule has 0 bridgehead atoms. The highest BCUT2D eigenvalue weighted by Crippen LogP contribution is 2.34. The van der Waals surface area contributed by atoms with Crippen molar-refractivity contribution >= 4 is 28.9 Å². The summed E-state index contributed by atoms with van der Waals surface area (Å²) in [5.41, 5.74) is 1.68. The Morgan fingerprint density at radius 1 is 1.17 bits per heavy atom. The lowest BCUT2D eigenvalue weighted by atomic mass is 10.2. The van der Waals surface area contributed by atoms with Gasteiger partial charge in [0.15, 0.2) is 18.1 Å². The molecule has 1 aliphatic rings. The van der Waals surface area contributed by atoms with E-state index in [1.807, 2.05) is 0 Å². The standard InChI is InChI=1S/C20H15FN2O5S/c1-11-18(29-19(22-11)12-2-4-13(21)5-3-12)20(25)26-9-17(24)23-14-6-7-15-16(8-14)28-10-27-15/h2-8H,9-10H2,1H3,(H,23,24). The van der Waals surface area contributed by atoms with Gasteiger partial charge in [-0.3, -0.25) is 4.79 Å². The molecule has 2 heterocycles. The number of nitrogens with one attached hydrogen (secondary N) is 1. The molecule has 0 spiro atoms. The normalized spacial score (nSPS) is 11.9. The van der Waals surface area contributed by atoms with E-state index in [9.17, 15) is 14.0 Å². The lowest BCUT2D eigenvalue weighted by molar-refractivity contribution is -0.119. The zero-order valence-electron chi connectivity index (χ0n) is 15.2. The van der Waals surface area contributed by atoms with Crippen LogP contribution in [0.5, 0.6) is 11.5 Å². The fourth-order valence-corrected chi connectivity index (χ4v) is 3.64. The molecule has 1 aliphatic heterocycles. The van der Waals surface area contributed by atoms with E-state index in [-0.39, 0.29) is 12.6 Å². The third-order valence-electron chi connectivity index (χ3n) is 4.06. The molecular formula is C20H15FN2O5S. The van der Waals surface area contributed by atoms with Crippen LogP contribution in [-0.4, -0.2) is 30.3 Å². The Kier molecular flexibility index (Phi) is 5.13. The molecule has 3 aromatic rings. The van der Waals surface area contributed by atoms with Crippen molar-refractivity contribution in [2.24, 2.45) is 0 Å². The van der Waals surface area contributed by atoms with Crippen LogP contribution in [0.15, 0.2) is 42.5 Å². The highest BCUT2D eigenvalue weighted by Gasteiger charge is 2.19. The van der Waals surface area contributed by atoms with Crippen molar-refractivity contribution in [2.75, 3.05) is 18.7 Å². The van der Waals surface area contributed by atoms with Gasteiger partial charge < -0.3 is 19.5 Å². The Bertz CT molecular complexity index is 1080. The van der Waals surface area contributed by atoms with Gasteiger partial charge in [-0.2, -0.15) is 0 Å². The Labute approximate surface area is 169 Å². The molecule has 7 nitrogen and oxygen atoms in total. The number of ether oxygens (including phenoxy) is 3. The van der Waals surface area contributed by atoms with Gasteiger partial charge in [-0.15, -0.1) is 11.3 Å². The quantitative estimate of drug-likeness (QED) is 0.640. The number of benzene rings is 2. The summed E-state index contributed by atoms with van der Waals surface area (Å²) < 4.78 is 28.6. The predicted octanol–water partition coefficient (Wildman–Crippen LogP) is 3.78. The van der Waals surface area contributed by atoms with E-state index in [4.69, 9.17) is 14.2 Å². The number of aromatic nitrogens is 1. The summed E-state index contributed by atoms with van der Waals surface area (Å²) in [5.74, 6) is -0.345. The van der Waals surface area contributed by atoms with Crippen LogP contribution in [0, 0.1) is 12.7 Å². The summed E-state index contributed by atoms with van der Waals surface area (Å²) >= 11 is 1.13. The average Bonchev–Trinajstić information content (AvgIpc) is 3.33. The fraction of sp³-hybridized carbons (Fsp3) is 0.150. The first-order valence-electron chi connectivity index (χ1n) is 8.59. The Morgan fingerprint density at radius 3 is 2.72 bits per heavy atom. The van der Waals surface area contributed by atoms with Crippen LogP contribution in [0.25, 0.3) is 10.6 Å². The zero-order chi connectivity index (χ0) is 20.4. The van der Waals surface area contributed by atoms with Gasteiger partial charge >= 0.3 is 5.97 Å². The van der Waals surface area contributed by atoms with Gasteiger partial charge in [0.25, 0.3) is 5.91 Å². The molecular weight excluding hydrogens is 399 g/mol. The van der Waals surface area contributed by atoms with E-state index in [1.165, 1.54) is 12.1 Å². The summed E-state index contributed by atoms with van der Waals surface area (Å²) in [6.07, 6.45) is 0. The molecule has 4 rings (SSSR count). The number of hydrogen-bond acceptors (Lipinski definition) is 7. The maximum absolute atomic E-state index is 13.1. The molecule has 0 fully saturated rings. The number of carbonyl (C=O) groups is 2. The molecule has 1 amide bonds. The first-order chi connectivity index (χ1) is 14.0. The average molecular weight is 414 g/mol. The summed E-state index contributed by atoms with van der Waals surface area (Å²) in [4.78, 5) is 29.1. The van der Waals surface area contributed by atoms with Crippen LogP contribution >= 0.6 is 11.3 Å². The molecule has 9 heteroatoms. The van der Waals surface area contributed by atoms with Crippen molar-refractivity contribution < 1.29 is 28.2 Å². The number of nitrogens with zero attached hydrogens (tertiary/aromatic N) is 1. The van der Waals surface area contributed by atoms with Crippen molar-refractivity contribution in [3.05, 3.63) is 58.9 Å². The third kappa shape index (κ3) is 4.19. The first kappa shape index (κ1) is 18.9. The Hall–Kier alpha value is -3.46. The largest absolute Gasteiger partial charge is 0.454 e. The summed E-state index contributed by atoms with van der Waals surface area (Å²) in [6, 6.07) is 10.8. The fourth-order valence-electron chi connectivity index (χ4n) is 2.67. The molecule has 148 valence electrons. The molecule has 1 N–H and O–H groups in total. The van der Waals surface area contributed by atoms with E-state index < -0.39 is 18.5 Å². The highest BCUT2D eigenvalue weighted by atomic mass is 32.1. The number of halogens is 1. The van der Waals surface area contributed by atoms with Gasteiger partial charge in [0.1, 0.15) is 15.7 Å². The number of anilines is 1. The van der Waals surface area contributed by atoms with Crippen molar-refractivity contribution in [1.82, 2.24) is 4.98 Å². The maximum atomic E-state index is 13.1. The monoisotopic (exact) mass is 414 g/mol. The summed E-state index contributed by atoms with van der Waals surface area (Å²) in [7, 11) is 0. The van der Waals surface area contributed by atoms with E-state index >= 15 is 0 Å². The van der Waals surface area contributed by atoms with Crippen LogP contribution in [0.3, 0.4) is 0 Å². The molecule has 1 aromatic heterocycles. The van der Waals surface area contributed by atoms with Crippen LogP contribution in [0.1, 0.15) is 15.4 Å². The zero-order valence-corrected chi connectivity index (χ0v) is 16.0. The Morgan fingerprint density at radius 2 is 1.93 bits per heavy atom.